The minimum Gasteiger partial charge on any atom is -0.359 e. The van der Waals surface area contributed by atoms with Gasteiger partial charge in [-0.1, -0.05) is 6.58 Å². The van der Waals surface area contributed by atoms with Crippen LogP contribution in [0.4, 0.5) is 0 Å². The minimum atomic E-state index is -0.499. The second kappa shape index (κ2) is 8.61. The van der Waals surface area contributed by atoms with E-state index in [9.17, 15) is 24.0 Å². The van der Waals surface area contributed by atoms with E-state index in [1.54, 1.807) is 0 Å². The SMILES string of the molecule is C=C1CCC(=O)N1OC(C)=O.CNC(=O)CCN1C(=O)C=CC1=O. The molecule has 1 N–H and O–H groups in total. The van der Waals surface area contributed by atoms with Gasteiger partial charge in [-0.15, -0.1) is 5.06 Å². The molecule has 1 saturated heterocycles. The van der Waals surface area contributed by atoms with Crippen LogP contribution in [0.25, 0.3) is 0 Å². The number of nitrogens with one attached hydrogen (secondary N) is 1. The van der Waals surface area contributed by atoms with Crippen molar-refractivity contribution in [1.29, 1.82) is 0 Å². The Hall–Kier alpha value is -2.97. The average molecular weight is 337 g/mol. The minimum absolute atomic E-state index is 0.143. The normalized spacial score (nSPS) is 16.2. The van der Waals surface area contributed by atoms with Crippen LogP contribution in [-0.2, 0) is 28.8 Å². The van der Waals surface area contributed by atoms with E-state index in [-0.39, 0.29) is 36.6 Å². The summed E-state index contributed by atoms with van der Waals surface area (Å²) in [5.74, 6) is -1.60. The van der Waals surface area contributed by atoms with Gasteiger partial charge in [0, 0.05) is 45.5 Å². The Balaban J connectivity index is 0.000000243. The van der Waals surface area contributed by atoms with Gasteiger partial charge in [0.15, 0.2) is 0 Å². The van der Waals surface area contributed by atoms with Gasteiger partial charge in [0.05, 0.1) is 5.70 Å². The van der Waals surface area contributed by atoms with E-state index >= 15 is 0 Å². The van der Waals surface area contributed by atoms with Crippen LogP contribution in [-0.4, -0.2) is 53.2 Å². The quantitative estimate of drug-likeness (QED) is 0.702. The van der Waals surface area contributed by atoms with Crippen LogP contribution in [0.1, 0.15) is 26.2 Å². The topological polar surface area (TPSA) is 113 Å². The Morgan fingerprint density at radius 2 is 1.79 bits per heavy atom. The standard InChI is InChI=1S/C8H10N2O3.C7H9NO3/c1-9-6(11)4-5-10-7(12)2-3-8(10)13;1-5-3-4-7(10)8(5)11-6(2)9/h2-3H,4-5H2,1H3,(H,9,11);1,3-4H2,2H3. The number of hydrogen-bond acceptors (Lipinski definition) is 6. The zero-order chi connectivity index (χ0) is 18.3. The first-order chi connectivity index (χ1) is 11.3. The lowest BCUT2D eigenvalue weighted by Crippen LogP contribution is -2.33. The summed E-state index contributed by atoms with van der Waals surface area (Å²) < 4.78 is 0. The number of hydroxylamine groups is 2. The molecule has 0 atom stereocenters. The lowest BCUT2D eigenvalue weighted by molar-refractivity contribution is -0.184. The highest BCUT2D eigenvalue weighted by molar-refractivity contribution is 6.13. The molecule has 24 heavy (non-hydrogen) atoms. The zero-order valence-corrected chi connectivity index (χ0v) is 13.5. The monoisotopic (exact) mass is 337 g/mol. The number of rotatable bonds is 4. The van der Waals surface area contributed by atoms with Gasteiger partial charge >= 0.3 is 5.97 Å². The number of carbonyl (C=O) groups is 5. The van der Waals surface area contributed by atoms with Gasteiger partial charge in [0.25, 0.3) is 17.7 Å². The van der Waals surface area contributed by atoms with Gasteiger partial charge in [-0.3, -0.25) is 24.1 Å². The largest absolute Gasteiger partial charge is 0.359 e. The third kappa shape index (κ3) is 5.34. The molecule has 0 aromatic rings. The molecule has 130 valence electrons. The van der Waals surface area contributed by atoms with Crippen molar-refractivity contribution in [3.05, 3.63) is 24.4 Å². The van der Waals surface area contributed by atoms with E-state index in [0.717, 1.165) is 9.96 Å². The highest BCUT2D eigenvalue weighted by atomic mass is 16.7. The first-order valence-corrected chi connectivity index (χ1v) is 7.19. The Labute approximate surface area is 138 Å². The van der Waals surface area contributed by atoms with E-state index in [1.165, 1.54) is 26.1 Å². The second-order valence-electron chi connectivity index (χ2n) is 4.92. The second-order valence-corrected chi connectivity index (χ2v) is 4.92. The first-order valence-electron chi connectivity index (χ1n) is 7.19. The maximum absolute atomic E-state index is 11.0. The van der Waals surface area contributed by atoms with Gasteiger partial charge in [-0.05, 0) is 6.42 Å². The van der Waals surface area contributed by atoms with E-state index in [1.807, 2.05) is 0 Å². The fourth-order valence-electron chi connectivity index (χ4n) is 1.86. The van der Waals surface area contributed by atoms with Crippen LogP contribution in [0.3, 0.4) is 0 Å². The molecule has 4 amide bonds. The third-order valence-electron chi connectivity index (χ3n) is 3.10. The van der Waals surface area contributed by atoms with Gasteiger partial charge < -0.3 is 10.2 Å². The maximum atomic E-state index is 11.0. The molecule has 1 fully saturated rings. The Kier molecular flexibility index (Phi) is 6.84. The van der Waals surface area contributed by atoms with Crippen molar-refractivity contribution < 1.29 is 28.8 Å². The molecule has 2 aliphatic rings. The fraction of sp³-hybridized carbons (Fsp3) is 0.400. The molecule has 2 aliphatic heterocycles. The fourth-order valence-corrected chi connectivity index (χ4v) is 1.86. The molecule has 2 rings (SSSR count). The predicted molar refractivity (Wildman–Crippen MR) is 81.5 cm³/mol. The predicted octanol–water partition coefficient (Wildman–Crippen LogP) is -0.352. The molecular formula is C15H19N3O6. The summed E-state index contributed by atoms with van der Waals surface area (Å²) in [5.41, 5.74) is 0.546. The molecule has 0 saturated carbocycles. The first kappa shape index (κ1) is 19.1. The Morgan fingerprint density at radius 3 is 2.21 bits per heavy atom. The molecule has 0 spiro atoms. The van der Waals surface area contributed by atoms with Crippen LogP contribution in [0.15, 0.2) is 24.4 Å². The summed E-state index contributed by atoms with van der Waals surface area (Å²) in [4.78, 5) is 59.7. The lowest BCUT2D eigenvalue weighted by atomic mass is 10.3. The summed E-state index contributed by atoms with van der Waals surface area (Å²) in [6, 6.07) is 0. The third-order valence-corrected chi connectivity index (χ3v) is 3.10. The molecule has 0 aromatic carbocycles. The number of allylic oxidation sites excluding steroid dienone is 1. The van der Waals surface area contributed by atoms with Gasteiger partial charge in [-0.2, -0.15) is 0 Å². The van der Waals surface area contributed by atoms with Crippen LogP contribution >= 0.6 is 0 Å². The van der Waals surface area contributed by atoms with E-state index < -0.39 is 5.97 Å². The highest BCUT2D eigenvalue weighted by Crippen LogP contribution is 2.20. The Morgan fingerprint density at radius 1 is 1.21 bits per heavy atom. The van der Waals surface area contributed by atoms with Crippen molar-refractivity contribution >= 4 is 29.6 Å². The van der Waals surface area contributed by atoms with Crippen molar-refractivity contribution in [3.8, 4) is 0 Å². The smallest absolute Gasteiger partial charge is 0.330 e. The number of nitrogens with zero attached hydrogens (tertiary/aromatic N) is 2. The highest BCUT2D eigenvalue weighted by Gasteiger charge is 2.27. The summed E-state index contributed by atoms with van der Waals surface area (Å²) in [6.45, 7) is 4.96. The van der Waals surface area contributed by atoms with E-state index in [0.29, 0.717) is 18.5 Å². The molecule has 0 bridgehead atoms. The molecule has 0 aliphatic carbocycles. The maximum Gasteiger partial charge on any atom is 0.330 e. The molecule has 2 heterocycles. The van der Waals surface area contributed by atoms with E-state index in [2.05, 4.69) is 16.7 Å². The molecule has 9 heteroatoms. The summed E-state index contributed by atoms with van der Waals surface area (Å²) in [5, 5.41) is 3.37. The molecule has 0 unspecified atom stereocenters. The van der Waals surface area contributed by atoms with Crippen LogP contribution in [0.5, 0.6) is 0 Å². The molecular weight excluding hydrogens is 318 g/mol. The Bertz CT molecular complexity index is 576. The van der Waals surface area contributed by atoms with Gasteiger partial charge in [-0.25, -0.2) is 4.79 Å². The number of carbonyl (C=O) groups excluding carboxylic acids is 5. The van der Waals surface area contributed by atoms with Crippen molar-refractivity contribution in [2.45, 2.75) is 26.2 Å². The summed E-state index contributed by atoms with van der Waals surface area (Å²) in [6.07, 6.45) is 3.51. The van der Waals surface area contributed by atoms with Gasteiger partial charge in [0.1, 0.15) is 0 Å². The summed E-state index contributed by atoms with van der Waals surface area (Å²) >= 11 is 0. The molecule has 0 aromatic heterocycles. The van der Waals surface area contributed by atoms with Crippen LogP contribution in [0.2, 0.25) is 0 Å². The number of amides is 4. The number of imide groups is 1. The van der Waals surface area contributed by atoms with Crippen molar-refractivity contribution in [3.63, 3.8) is 0 Å². The zero-order valence-electron chi connectivity index (χ0n) is 13.5. The lowest BCUT2D eigenvalue weighted by Gasteiger charge is -2.13. The molecule has 0 radical (unpaired) electrons. The number of hydrogen-bond donors (Lipinski definition) is 1. The van der Waals surface area contributed by atoms with Gasteiger partial charge in [0.2, 0.25) is 5.91 Å². The van der Waals surface area contributed by atoms with Crippen molar-refractivity contribution in [2.24, 2.45) is 0 Å². The van der Waals surface area contributed by atoms with Crippen molar-refractivity contribution in [1.82, 2.24) is 15.3 Å². The van der Waals surface area contributed by atoms with E-state index in [4.69, 9.17) is 0 Å². The molecule has 9 nitrogen and oxygen atoms in total. The summed E-state index contributed by atoms with van der Waals surface area (Å²) in [7, 11) is 1.51. The van der Waals surface area contributed by atoms with Crippen molar-refractivity contribution in [2.75, 3.05) is 13.6 Å². The van der Waals surface area contributed by atoms with Crippen LogP contribution in [0, 0.1) is 0 Å². The average Bonchev–Trinajstić information content (AvgIpc) is 3.01. The van der Waals surface area contributed by atoms with Crippen LogP contribution < -0.4 is 5.32 Å².